The monoisotopic (exact) mass is 348 g/mol. The van der Waals surface area contributed by atoms with Gasteiger partial charge in [-0.3, -0.25) is 9.59 Å². The van der Waals surface area contributed by atoms with Crippen LogP contribution in [0.1, 0.15) is 18.9 Å². The first-order chi connectivity index (χ1) is 11.5. The van der Waals surface area contributed by atoms with Crippen LogP contribution in [-0.4, -0.2) is 18.4 Å². The first-order valence-electron chi connectivity index (χ1n) is 7.51. The van der Waals surface area contributed by atoms with Crippen LogP contribution in [0.2, 0.25) is 5.02 Å². The molecule has 1 N–H and O–H groups in total. The van der Waals surface area contributed by atoms with E-state index in [2.05, 4.69) is 5.32 Å². The summed E-state index contributed by atoms with van der Waals surface area (Å²) in [5.74, 6) is -0.962. The van der Waals surface area contributed by atoms with Gasteiger partial charge < -0.3 is 10.2 Å². The van der Waals surface area contributed by atoms with Gasteiger partial charge in [-0.1, -0.05) is 41.9 Å². The van der Waals surface area contributed by atoms with Crippen molar-refractivity contribution in [3.63, 3.8) is 0 Å². The smallest absolute Gasteiger partial charge is 0.223 e. The van der Waals surface area contributed by atoms with Gasteiger partial charge in [0.2, 0.25) is 11.8 Å². The van der Waals surface area contributed by atoms with Gasteiger partial charge >= 0.3 is 0 Å². The van der Waals surface area contributed by atoms with Crippen LogP contribution >= 0.6 is 11.6 Å². The standard InChI is InChI=1S/C18H18ClFN2O2/c1-13(23)22(15-7-8-17(20)16(19)11-15)10-9-18(24)21-12-14-5-3-2-4-6-14/h2-8,11H,9-10,12H2,1H3,(H,21,24). The van der Waals surface area contributed by atoms with Gasteiger partial charge in [0.25, 0.3) is 0 Å². The van der Waals surface area contributed by atoms with Crippen LogP contribution in [0.15, 0.2) is 48.5 Å². The summed E-state index contributed by atoms with van der Waals surface area (Å²) in [6.45, 7) is 2.01. The van der Waals surface area contributed by atoms with Crippen LogP contribution in [0.25, 0.3) is 0 Å². The SMILES string of the molecule is CC(=O)N(CCC(=O)NCc1ccccc1)c1ccc(F)c(Cl)c1. The molecule has 0 bridgehead atoms. The predicted molar refractivity (Wildman–Crippen MR) is 92.3 cm³/mol. The molecule has 0 saturated heterocycles. The third kappa shape index (κ3) is 5.06. The van der Waals surface area contributed by atoms with Crippen LogP contribution in [-0.2, 0) is 16.1 Å². The first-order valence-corrected chi connectivity index (χ1v) is 7.89. The summed E-state index contributed by atoms with van der Waals surface area (Å²) in [7, 11) is 0. The molecule has 0 saturated carbocycles. The molecule has 0 unspecified atom stereocenters. The van der Waals surface area contributed by atoms with E-state index in [0.29, 0.717) is 12.2 Å². The van der Waals surface area contributed by atoms with Crippen molar-refractivity contribution in [1.82, 2.24) is 5.32 Å². The number of carbonyl (C=O) groups is 2. The molecule has 2 aromatic carbocycles. The molecular weight excluding hydrogens is 331 g/mol. The molecule has 0 radical (unpaired) electrons. The molecule has 0 spiro atoms. The molecule has 0 atom stereocenters. The Hall–Kier alpha value is -2.40. The Labute approximate surface area is 145 Å². The molecule has 2 aromatic rings. The number of hydrogen-bond donors (Lipinski definition) is 1. The van der Waals surface area contributed by atoms with E-state index in [-0.39, 0.29) is 29.8 Å². The molecule has 24 heavy (non-hydrogen) atoms. The third-order valence-electron chi connectivity index (χ3n) is 3.49. The fourth-order valence-electron chi connectivity index (χ4n) is 2.22. The van der Waals surface area contributed by atoms with Gasteiger partial charge in [0.05, 0.1) is 5.02 Å². The lowest BCUT2D eigenvalue weighted by molar-refractivity contribution is -0.121. The zero-order valence-electron chi connectivity index (χ0n) is 13.3. The molecular formula is C18H18ClFN2O2. The van der Waals surface area contributed by atoms with Gasteiger partial charge in [-0.25, -0.2) is 4.39 Å². The summed E-state index contributed by atoms with van der Waals surface area (Å²) >= 11 is 5.75. The molecule has 4 nitrogen and oxygen atoms in total. The van der Waals surface area contributed by atoms with E-state index in [0.717, 1.165) is 5.56 Å². The first kappa shape index (κ1) is 17.9. The summed E-state index contributed by atoms with van der Waals surface area (Å²) < 4.78 is 13.2. The molecule has 0 fully saturated rings. The minimum absolute atomic E-state index is 0.0627. The maximum Gasteiger partial charge on any atom is 0.223 e. The van der Waals surface area contributed by atoms with E-state index in [9.17, 15) is 14.0 Å². The van der Waals surface area contributed by atoms with Crippen molar-refractivity contribution >= 4 is 29.1 Å². The largest absolute Gasteiger partial charge is 0.352 e. The molecule has 0 aliphatic rings. The zero-order chi connectivity index (χ0) is 17.5. The second-order valence-corrected chi connectivity index (χ2v) is 5.69. The van der Waals surface area contributed by atoms with Crippen molar-refractivity contribution in [2.45, 2.75) is 19.9 Å². The summed E-state index contributed by atoms with van der Waals surface area (Å²) in [6, 6.07) is 13.6. The summed E-state index contributed by atoms with van der Waals surface area (Å²) in [6.07, 6.45) is 0.140. The Morgan fingerprint density at radius 3 is 2.50 bits per heavy atom. The van der Waals surface area contributed by atoms with Crippen LogP contribution in [0, 0.1) is 5.82 Å². The Balaban J connectivity index is 1.92. The highest BCUT2D eigenvalue weighted by molar-refractivity contribution is 6.31. The second-order valence-electron chi connectivity index (χ2n) is 5.28. The van der Waals surface area contributed by atoms with Crippen molar-refractivity contribution in [3.8, 4) is 0 Å². The lowest BCUT2D eigenvalue weighted by Crippen LogP contribution is -2.33. The fraction of sp³-hybridized carbons (Fsp3) is 0.222. The van der Waals surface area contributed by atoms with Crippen LogP contribution in [0.5, 0.6) is 0 Å². The molecule has 126 valence electrons. The van der Waals surface area contributed by atoms with Gasteiger partial charge in [-0.15, -0.1) is 0 Å². The van der Waals surface area contributed by atoms with E-state index in [1.165, 1.54) is 30.0 Å². The number of nitrogens with one attached hydrogen (secondary N) is 1. The van der Waals surface area contributed by atoms with Crippen LogP contribution < -0.4 is 10.2 Å². The van der Waals surface area contributed by atoms with E-state index in [1.54, 1.807) is 0 Å². The number of benzene rings is 2. The van der Waals surface area contributed by atoms with Gasteiger partial charge in [-0.2, -0.15) is 0 Å². The second kappa shape index (κ2) is 8.45. The molecule has 2 rings (SSSR count). The van der Waals surface area contributed by atoms with E-state index < -0.39 is 5.82 Å². The predicted octanol–water partition coefficient (Wildman–Crippen LogP) is 3.54. The summed E-state index contributed by atoms with van der Waals surface area (Å²) in [5, 5.41) is 2.74. The van der Waals surface area contributed by atoms with E-state index in [4.69, 9.17) is 11.6 Å². The Bertz CT molecular complexity index is 722. The lowest BCUT2D eigenvalue weighted by Gasteiger charge is -2.21. The van der Waals surface area contributed by atoms with Gasteiger partial charge in [0.15, 0.2) is 0 Å². The number of rotatable bonds is 6. The minimum atomic E-state index is -0.551. The van der Waals surface area contributed by atoms with Crippen LogP contribution in [0.3, 0.4) is 0 Å². The minimum Gasteiger partial charge on any atom is -0.352 e. The summed E-state index contributed by atoms with van der Waals surface area (Å²) in [5.41, 5.74) is 1.46. The van der Waals surface area contributed by atoms with Crippen molar-refractivity contribution in [3.05, 3.63) is 64.9 Å². The van der Waals surface area contributed by atoms with Crippen molar-refractivity contribution in [2.24, 2.45) is 0 Å². The van der Waals surface area contributed by atoms with Gasteiger partial charge in [-0.05, 0) is 23.8 Å². The highest BCUT2D eigenvalue weighted by Gasteiger charge is 2.15. The molecule has 0 aliphatic carbocycles. The number of hydrogen-bond acceptors (Lipinski definition) is 2. The fourth-order valence-corrected chi connectivity index (χ4v) is 2.39. The van der Waals surface area contributed by atoms with Gasteiger partial charge in [0.1, 0.15) is 5.82 Å². The van der Waals surface area contributed by atoms with Crippen molar-refractivity contribution < 1.29 is 14.0 Å². The van der Waals surface area contributed by atoms with Crippen molar-refractivity contribution in [1.29, 1.82) is 0 Å². The van der Waals surface area contributed by atoms with E-state index in [1.807, 2.05) is 30.3 Å². The summed E-state index contributed by atoms with van der Waals surface area (Å²) in [4.78, 5) is 25.1. The molecule has 6 heteroatoms. The zero-order valence-corrected chi connectivity index (χ0v) is 14.0. The molecule has 2 amide bonds. The number of amides is 2. The number of carbonyl (C=O) groups excluding carboxylic acids is 2. The highest BCUT2D eigenvalue weighted by atomic mass is 35.5. The Kier molecular flexibility index (Phi) is 6.32. The maximum atomic E-state index is 13.2. The third-order valence-corrected chi connectivity index (χ3v) is 3.78. The Morgan fingerprint density at radius 1 is 1.17 bits per heavy atom. The molecule has 0 aliphatic heterocycles. The number of halogens is 2. The average Bonchev–Trinajstić information content (AvgIpc) is 2.57. The number of anilines is 1. The van der Waals surface area contributed by atoms with E-state index >= 15 is 0 Å². The normalized spacial score (nSPS) is 10.3. The topological polar surface area (TPSA) is 49.4 Å². The maximum absolute atomic E-state index is 13.2. The average molecular weight is 349 g/mol. The van der Waals surface area contributed by atoms with Gasteiger partial charge in [0, 0.05) is 32.1 Å². The lowest BCUT2D eigenvalue weighted by atomic mass is 10.2. The number of nitrogens with zero attached hydrogens (tertiary/aromatic N) is 1. The molecule has 0 heterocycles. The Morgan fingerprint density at radius 2 is 1.88 bits per heavy atom. The van der Waals surface area contributed by atoms with Crippen molar-refractivity contribution in [2.75, 3.05) is 11.4 Å². The molecule has 0 aromatic heterocycles. The highest BCUT2D eigenvalue weighted by Crippen LogP contribution is 2.23. The van der Waals surface area contributed by atoms with Crippen LogP contribution in [0.4, 0.5) is 10.1 Å². The quantitative estimate of drug-likeness (QED) is 0.868.